The molecule has 0 aromatic rings. The molecule has 0 aromatic heterocycles. The van der Waals surface area contributed by atoms with Gasteiger partial charge in [-0.05, 0) is 0 Å². The van der Waals surface area contributed by atoms with Gasteiger partial charge in [0.1, 0.15) is 0 Å². The molecule has 0 nitrogen and oxygen atoms in total. The molecule has 0 heterocycles. The minimum absolute atomic E-state index is 0. The standard InChI is InChI=1S/4C5H11.Zr/c4*1-5(2,3)4;/h4*1H2,2-4H3;/q4*-1;+4. The van der Waals surface area contributed by atoms with Crippen LogP contribution in [0.25, 0.3) is 0 Å². The van der Waals surface area contributed by atoms with Crippen molar-refractivity contribution in [3.63, 3.8) is 0 Å². The first kappa shape index (κ1) is 33.5. The molecular weight excluding hydrogens is 331 g/mol. The molecule has 0 N–H and O–H groups in total. The number of hydrogen-bond donors (Lipinski definition) is 0. The third-order valence-corrected chi connectivity index (χ3v) is 0. The van der Waals surface area contributed by atoms with Crippen molar-refractivity contribution < 1.29 is 26.2 Å². The van der Waals surface area contributed by atoms with Crippen LogP contribution in [0.2, 0.25) is 0 Å². The molecule has 0 unspecified atom stereocenters. The summed E-state index contributed by atoms with van der Waals surface area (Å²) in [5, 5.41) is 0. The van der Waals surface area contributed by atoms with E-state index in [-0.39, 0.29) is 47.9 Å². The molecule has 0 aromatic carbocycles. The second-order valence-electron chi connectivity index (χ2n) is 10.2. The molecule has 0 saturated heterocycles. The summed E-state index contributed by atoms with van der Waals surface area (Å²) in [6.07, 6.45) is 0. The smallest absolute Gasteiger partial charge is 0.338 e. The van der Waals surface area contributed by atoms with Gasteiger partial charge in [0.25, 0.3) is 0 Å². The summed E-state index contributed by atoms with van der Waals surface area (Å²) in [6, 6.07) is 0. The van der Waals surface area contributed by atoms with E-state index in [9.17, 15) is 0 Å². The van der Waals surface area contributed by atoms with Crippen LogP contribution in [0, 0.1) is 49.4 Å². The van der Waals surface area contributed by atoms with E-state index in [2.05, 4.69) is 111 Å². The second-order valence-corrected chi connectivity index (χ2v) is 10.2. The first-order valence-electron chi connectivity index (χ1n) is 7.41. The minimum atomic E-state index is 0. The Hall–Kier alpha value is 0.883. The zero-order chi connectivity index (χ0) is 18.0. The van der Waals surface area contributed by atoms with Crippen molar-refractivity contribution >= 4 is 0 Å². The average Bonchev–Trinajstić information content (AvgIpc) is 1.62. The Labute approximate surface area is 158 Å². The quantitative estimate of drug-likeness (QED) is 0.385. The summed E-state index contributed by atoms with van der Waals surface area (Å²) in [5.74, 6) is 0. The van der Waals surface area contributed by atoms with Gasteiger partial charge < -0.3 is 27.7 Å². The summed E-state index contributed by atoms with van der Waals surface area (Å²) in [7, 11) is 0. The predicted octanol–water partition coefficient (Wildman–Crippen LogP) is 7.46. The molecule has 0 aliphatic heterocycles. The van der Waals surface area contributed by atoms with Crippen LogP contribution in [-0.4, -0.2) is 0 Å². The van der Waals surface area contributed by atoms with E-state index in [0.717, 1.165) is 0 Å². The summed E-state index contributed by atoms with van der Waals surface area (Å²) < 4.78 is 0. The van der Waals surface area contributed by atoms with Crippen LogP contribution >= 0.6 is 0 Å². The van der Waals surface area contributed by atoms with E-state index < -0.39 is 0 Å². The van der Waals surface area contributed by atoms with Crippen molar-refractivity contribution in [2.45, 2.75) is 83.1 Å². The van der Waals surface area contributed by atoms with E-state index in [1.807, 2.05) is 0 Å². The van der Waals surface area contributed by atoms with Crippen LogP contribution in [0.3, 0.4) is 0 Å². The van der Waals surface area contributed by atoms with Crippen molar-refractivity contribution in [2.75, 3.05) is 0 Å². The average molecular weight is 376 g/mol. The van der Waals surface area contributed by atoms with Gasteiger partial charge in [0.05, 0.1) is 0 Å². The molecule has 0 atom stereocenters. The summed E-state index contributed by atoms with van der Waals surface area (Å²) >= 11 is 0. The molecule has 0 aliphatic carbocycles. The fourth-order valence-corrected chi connectivity index (χ4v) is 0. The third-order valence-electron chi connectivity index (χ3n) is 0. The minimum Gasteiger partial charge on any atom is -0.338 e. The van der Waals surface area contributed by atoms with Gasteiger partial charge in [-0.3, -0.25) is 0 Å². The molecule has 0 spiro atoms. The molecule has 128 valence electrons. The molecule has 0 rings (SSSR count). The van der Waals surface area contributed by atoms with Crippen molar-refractivity contribution in [3.05, 3.63) is 27.7 Å². The zero-order valence-electron chi connectivity index (χ0n) is 17.3. The Morgan fingerprint density at radius 3 is 0.333 bits per heavy atom. The SMILES string of the molecule is [CH2-]C(C)(C)C.[CH2-]C(C)(C)C.[CH2-]C(C)(C)C.[CH2-]C(C)(C)C.[Zr+4]. The maximum Gasteiger partial charge on any atom is 4.00 e. The van der Waals surface area contributed by atoms with Crippen molar-refractivity contribution in [1.29, 1.82) is 0 Å². The zero-order valence-corrected chi connectivity index (χ0v) is 19.8. The van der Waals surface area contributed by atoms with E-state index in [0.29, 0.717) is 0 Å². The third kappa shape index (κ3) is 9550. The van der Waals surface area contributed by atoms with Crippen molar-refractivity contribution in [2.24, 2.45) is 21.7 Å². The van der Waals surface area contributed by atoms with Crippen molar-refractivity contribution in [3.8, 4) is 0 Å². The van der Waals surface area contributed by atoms with Gasteiger partial charge in [-0.2, -0.15) is 21.7 Å². The van der Waals surface area contributed by atoms with Gasteiger partial charge in [-0.1, -0.05) is 83.1 Å². The van der Waals surface area contributed by atoms with Gasteiger partial charge >= 0.3 is 26.2 Å². The summed E-state index contributed by atoms with van der Waals surface area (Å²) in [4.78, 5) is 0. The summed E-state index contributed by atoms with van der Waals surface area (Å²) in [5.41, 5.74) is 1.00. The maximum absolute atomic E-state index is 3.77. The molecule has 0 amide bonds. The number of rotatable bonds is 0. The normalized spacial score (nSPS) is 11.4. The van der Waals surface area contributed by atoms with Crippen LogP contribution < -0.4 is 0 Å². The van der Waals surface area contributed by atoms with Gasteiger partial charge in [-0.15, -0.1) is 0 Å². The molecular formula is C20H44Zr. The van der Waals surface area contributed by atoms with Gasteiger partial charge in [-0.25, -0.2) is 0 Å². The van der Waals surface area contributed by atoms with E-state index in [1.54, 1.807) is 0 Å². The van der Waals surface area contributed by atoms with Crippen LogP contribution in [0.5, 0.6) is 0 Å². The fraction of sp³-hybridized carbons (Fsp3) is 0.800. The van der Waals surface area contributed by atoms with E-state index in [1.165, 1.54) is 0 Å². The van der Waals surface area contributed by atoms with Crippen LogP contribution in [0.1, 0.15) is 83.1 Å². The van der Waals surface area contributed by atoms with Gasteiger partial charge in [0.15, 0.2) is 0 Å². The van der Waals surface area contributed by atoms with Gasteiger partial charge in [0, 0.05) is 0 Å². The van der Waals surface area contributed by atoms with Crippen LogP contribution in [0.4, 0.5) is 0 Å². The fourth-order valence-electron chi connectivity index (χ4n) is 0. The molecule has 1 heteroatoms. The Bertz CT molecular complexity index is 116. The largest absolute Gasteiger partial charge is 4.00 e. The Kier molecular flexibility index (Phi) is 21.3. The van der Waals surface area contributed by atoms with Crippen molar-refractivity contribution in [1.82, 2.24) is 0 Å². The number of hydrogen-bond acceptors (Lipinski definition) is 0. The van der Waals surface area contributed by atoms with E-state index >= 15 is 0 Å². The molecule has 0 radical (unpaired) electrons. The molecule has 0 fully saturated rings. The second kappa shape index (κ2) is 13.3. The first-order valence-corrected chi connectivity index (χ1v) is 7.41. The molecule has 21 heavy (non-hydrogen) atoms. The molecule has 0 bridgehead atoms. The summed E-state index contributed by atoms with van der Waals surface area (Å²) in [6.45, 7) is 40.0. The van der Waals surface area contributed by atoms with E-state index in [4.69, 9.17) is 0 Å². The van der Waals surface area contributed by atoms with Gasteiger partial charge in [0.2, 0.25) is 0 Å². The Morgan fingerprint density at radius 1 is 0.333 bits per heavy atom. The first-order chi connectivity index (χ1) is 8.00. The topological polar surface area (TPSA) is 0 Å². The molecule has 0 saturated carbocycles. The van der Waals surface area contributed by atoms with Crippen LogP contribution in [-0.2, 0) is 26.2 Å². The predicted molar refractivity (Wildman–Crippen MR) is 99.2 cm³/mol. The monoisotopic (exact) mass is 374 g/mol. The van der Waals surface area contributed by atoms with Crippen LogP contribution in [0.15, 0.2) is 0 Å². The maximum atomic E-state index is 3.77. The Morgan fingerprint density at radius 2 is 0.333 bits per heavy atom. The Balaban J connectivity index is -0.0000000533. The molecule has 0 aliphatic rings.